The van der Waals surface area contributed by atoms with E-state index in [4.69, 9.17) is 0 Å². The van der Waals surface area contributed by atoms with Crippen LogP contribution in [0.2, 0.25) is 0 Å². The number of aryl methyl sites for hydroxylation is 1. The minimum absolute atomic E-state index is 0.0366. The number of nitrogens with one attached hydrogen (secondary N) is 1. The second kappa shape index (κ2) is 6.10. The molecule has 0 radical (unpaired) electrons. The zero-order valence-electron chi connectivity index (χ0n) is 12.6. The summed E-state index contributed by atoms with van der Waals surface area (Å²) < 4.78 is 1.72. The fraction of sp³-hybridized carbons (Fsp3) is 0.714. The van der Waals surface area contributed by atoms with E-state index in [0.717, 1.165) is 23.7 Å². The van der Waals surface area contributed by atoms with Crippen molar-refractivity contribution in [1.82, 2.24) is 14.8 Å². The molecule has 1 N–H and O–H groups in total. The molecule has 1 amide bonds. The van der Waals surface area contributed by atoms with Gasteiger partial charge in [-0.2, -0.15) is 0 Å². The molecule has 2 rings (SSSR count). The molecule has 1 aromatic rings. The molecule has 1 aliphatic rings. The summed E-state index contributed by atoms with van der Waals surface area (Å²) in [6, 6.07) is 0.527. The van der Waals surface area contributed by atoms with E-state index in [-0.39, 0.29) is 16.8 Å². The quantitative estimate of drug-likeness (QED) is 0.910. The molecule has 0 saturated carbocycles. The van der Waals surface area contributed by atoms with Crippen molar-refractivity contribution in [3.63, 3.8) is 0 Å². The number of rotatable bonds is 3. The van der Waals surface area contributed by atoms with Gasteiger partial charge >= 0.3 is 4.87 Å². The van der Waals surface area contributed by atoms with Crippen LogP contribution < -0.4 is 10.2 Å². The Balaban J connectivity index is 2.00. The van der Waals surface area contributed by atoms with E-state index in [2.05, 4.69) is 19.2 Å². The Kier molecular flexibility index (Phi) is 4.65. The number of carbonyl (C=O) groups is 1. The highest BCUT2D eigenvalue weighted by Gasteiger charge is 2.27. The Morgan fingerprint density at radius 3 is 2.70 bits per heavy atom. The van der Waals surface area contributed by atoms with Crippen molar-refractivity contribution in [2.75, 3.05) is 13.1 Å². The van der Waals surface area contributed by atoms with Crippen LogP contribution in [-0.2, 0) is 11.3 Å². The van der Waals surface area contributed by atoms with E-state index < -0.39 is 0 Å². The van der Waals surface area contributed by atoms with E-state index in [0.29, 0.717) is 19.0 Å². The number of nitrogens with zero attached hydrogens (tertiary/aromatic N) is 2. The monoisotopic (exact) mass is 297 g/mol. The van der Waals surface area contributed by atoms with Gasteiger partial charge in [0, 0.05) is 48.7 Å². The molecule has 1 aliphatic heterocycles. The van der Waals surface area contributed by atoms with Crippen LogP contribution in [0.15, 0.2) is 4.79 Å². The van der Waals surface area contributed by atoms with Crippen LogP contribution in [0, 0.1) is 13.8 Å². The van der Waals surface area contributed by atoms with Crippen LogP contribution >= 0.6 is 11.3 Å². The Bertz CT molecular complexity index is 549. The summed E-state index contributed by atoms with van der Waals surface area (Å²) in [6.45, 7) is 10.1. The summed E-state index contributed by atoms with van der Waals surface area (Å²) in [7, 11) is 0. The Hall–Kier alpha value is -1.14. The SMILES string of the molecule is Cc1sc(=O)n(CCC(=O)N2CCNC(C)C2C)c1C. The first kappa shape index (κ1) is 15.3. The molecule has 2 unspecified atom stereocenters. The molecule has 1 saturated heterocycles. The maximum absolute atomic E-state index is 12.3. The van der Waals surface area contributed by atoms with Crippen LogP contribution in [0.5, 0.6) is 0 Å². The average Bonchev–Trinajstić information content (AvgIpc) is 2.64. The number of hydrogen-bond donors (Lipinski definition) is 1. The summed E-state index contributed by atoms with van der Waals surface area (Å²) in [5.41, 5.74) is 0.981. The summed E-state index contributed by atoms with van der Waals surface area (Å²) in [6.07, 6.45) is 0.397. The number of carbonyl (C=O) groups excluding carboxylic acids is 1. The zero-order chi connectivity index (χ0) is 14.9. The molecule has 6 heteroatoms. The number of hydrogen-bond acceptors (Lipinski definition) is 4. The average molecular weight is 297 g/mol. The van der Waals surface area contributed by atoms with Crippen LogP contribution in [0.25, 0.3) is 0 Å². The molecule has 0 spiro atoms. The minimum Gasteiger partial charge on any atom is -0.337 e. The third kappa shape index (κ3) is 2.96. The minimum atomic E-state index is 0.0366. The number of amides is 1. The number of aromatic nitrogens is 1. The second-order valence-electron chi connectivity index (χ2n) is 5.48. The van der Waals surface area contributed by atoms with Crippen molar-refractivity contribution in [1.29, 1.82) is 0 Å². The van der Waals surface area contributed by atoms with Gasteiger partial charge in [-0.25, -0.2) is 0 Å². The van der Waals surface area contributed by atoms with Crippen molar-refractivity contribution in [2.24, 2.45) is 0 Å². The van der Waals surface area contributed by atoms with Crippen molar-refractivity contribution in [2.45, 2.75) is 52.7 Å². The van der Waals surface area contributed by atoms with Gasteiger partial charge in [0.1, 0.15) is 0 Å². The van der Waals surface area contributed by atoms with Gasteiger partial charge in [-0.05, 0) is 27.7 Å². The van der Waals surface area contributed by atoms with E-state index >= 15 is 0 Å². The lowest BCUT2D eigenvalue weighted by atomic mass is 10.1. The molecule has 1 fully saturated rings. The van der Waals surface area contributed by atoms with Crippen LogP contribution in [0.4, 0.5) is 0 Å². The topological polar surface area (TPSA) is 54.3 Å². The van der Waals surface area contributed by atoms with Gasteiger partial charge in [-0.3, -0.25) is 9.59 Å². The maximum Gasteiger partial charge on any atom is 0.307 e. The largest absolute Gasteiger partial charge is 0.337 e. The Labute approximate surface area is 123 Å². The standard InChI is InChI=1S/C14H23N3O2S/c1-9-10(2)16(8-6-15-9)13(18)5-7-17-11(3)12(4)20-14(17)19/h9-10,15H,5-8H2,1-4H3. The highest BCUT2D eigenvalue weighted by atomic mass is 32.1. The maximum atomic E-state index is 12.3. The predicted molar refractivity (Wildman–Crippen MR) is 81.3 cm³/mol. The fourth-order valence-electron chi connectivity index (χ4n) is 2.61. The van der Waals surface area contributed by atoms with Gasteiger partial charge < -0.3 is 14.8 Å². The summed E-state index contributed by atoms with van der Waals surface area (Å²) in [5, 5.41) is 3.36. The van der Waals surface area contributed by atoms with Gasteiger partial charge in [0.25, 0.3) is 0 Å². The lowest BCUT2D eigenvalue weighted by Crippen LogP contribution is -2.57. The van der Waals surface area contributed by atoms with Crippen molar-refractivity contribution in [3.8, 4) is 0 Å². The Morgan fingerprint density at radius 1 is 1.40 bits per heavy atom. The van der Waals surface area contributed by atoms with Gasteiger partial charge in [0.15, 0.2) is 0 Å². The summed E-state index contributed by atoms with van der Waals surface area (Å²) >= 11 is 1.26. The van der Waals surface area contributed by atoms with Crippen LogP contribution in [0.3, 0.4) is 0 Å². The van der Waals surface area contributed by atoms with Crippen molar-refractivity contribution >= 4 is 17.2 Å². The number of thiazole rings is 1. The molecule has 20 heavy (non-hydrogen) atoms. The van der Waals surface area contributed by atoms with Gasteiger partial charge in [0.05, 0.1) is 0 Å². The third-order valence-corrected chi connectivity index (χ3v) is 5.28. The van der Waals surface area contributed by atoms with Crippen LogP contribution in [-0.4, -0.2) is 40.5 Å². The van der Waals surface area contributed by atoms with E-state index in [1.54, 1.807) is 4.57 Å². The lowest BCUT2D eigenvalue weighted by Gasteiger charge is -2.38. The highest BCUT2D eigenvalue weighted by molar-refractivity contribution is 7.09. The molecular weight excluding hydrogens is 274 g/mol. The van der Waals surface area contributed by atoms with Gasteiger partial charge in [0.2, 0.25) is 5.91 Å². The molecule has 112 valence electrons. The van der Waals surface area contributed by atoms with E-state index in [1.807, 2.05) is 18.7 Å². The smallest absolute Gasteiger partial charge is 0.307 e. The predicted octanol–water partition coefficient (Wildman–Crippen LogP) is 1.13. The molecule has 0 aliphatic carbocycles. The molecule has 5 nitrogen and oxygen atoms in total. The second-order valence-corrected chi connectivity index (χ2v) is 6.65. The normalized spacial score (nSPS) is 23.1. The fourth-order valence-corrected chi connectivity index (χ4v) is 3.46. The Morgan fingerprint density at radius 2 is 2.10 bits per heavy atom. The molecule has 2 atom stereocenters. The first-order chi connectivity index (χ1) is 9.41. The molecule has 0 aromatic carbocycles. The summed E-state index contributed by atoms with van der Waals surface area (Å²) in [4.78, 5) is 27.2. The molecule has 1 aromatic heterocycles. The molecule has 0 bridgehead atoms. The third-order valence-electron chi connectivity index (χ3n) is 4.28. The first-order valence-corrected chi connectivity index (χ1v) is 7.93. The van der Waals surface area contributed by atoms with E-state index in [9.17, 15) is 9.59 Å². The number of piperazine rings is 1. The van der Waals surface area contributed by atoms with Gasteiger partial charge in [-0.1, -0.05) is 11.3 Å². The van der Waals surface area contributed by atoms with Crippen LogP contribution in [0.1, 0.15) is 30.8 Å². The highest BCUT2D eigenvalue weighted by Crippen LogP contribution is 2.13. The lowest BCUT2D eigenvalue weighted by molar-refractivity contribution is -0.135. The summed E-state index contributed by atoms with van der Waals surface area (Å²) in [5.74, 6) is 0.140. The zero-order valence-corrected chi connectivity index (χ0v) is 13.4. The first-order valence-electron chi connectivity index (χ1n) is 7.11. The molecule has 2 heterocycles. The molecular formula is C14H23N3O2S. The van der Waals surface area contributed by atoms with Gasteiger partial charge in [-0.15, -0.1) is 0 Å². The van der Waals surface area contributed by atoms with E-state index in [1.165, 1.54) is 11.3 Å². The van der Waals surface area contributed by atoms with Crippen molar-refractivity contribution in [3.05, 3.63) is 20.2 Å². The van der Waals surface area contributed by atoms with Crippen molar-refractivity contribution < 1.29 is 4.79 Å².